The summed E-state index contributed by atoms with van der Waals surface area (Å²) >= 11 is 5.83. The number of imidazole rings is 1. The van der Waals surface area contributed by atoms with Gasteiger partial charge in [-0.3, -0.25) is 0 Å². The second-order valence-electron chi connectivity index (χ2n) is 3.47. The predicted octanol–water partition coefficient (Wildman–Crippen LogP) is 2.25. The van der Waals surface area contributed by atoms with Gasteiger partial charge in [0.05, 0.1) is 0 Å². The molecule has 2 aromatic rings. The van der Waals surface area contributed by atoms with Crippen molar-refractivity contribution < 1.29 is 0 Å². The number of hydrogen-bond donors (Lipinski definition) is 1. The SMILES string of the molecule is Cn1ccnc1Cc1ccc(Cl)cc1N. The number of benzene rings is 1. The molecule has 0 spiro atoms. The molecule has 0 saturated carbocycles. The third-order valence-electron chi connectivity index (χ3n) is 2.38. The molecule has 15 heavy (non-hydrogen) atoms. The van der Waals surface area contributed by atoms with E-state index in [1.807, 2.05) is 29.9 Å². The Kier molecular flexibility index (Phi) is 2.64. The van der Waals surface area contributed by atoms with Crippen LogP contribution in [0.1, 0.15) is 11.4 Å². The van der Waals surface area contributed by atoms with Crippen molar-refractivity contribution in [2.45, 2.75) is 6.42 Å². The average molecular weight is 222 g/mol. The smallest absolute Gasteiger partial charge is 0.112 e. The summed E-state index contributed by atoms with van der Waals surface area (Å²) in [5.74, 6) is 0.990. The second kappa shape index (κ2) is 3.95. The van der Waals surface area contributed by atoms with Crippen molar-refractivity contribution >= 4 is 17.3 Å². The molecule has 0 atom stereocenters. The van der Waals surface area contributed by atoms with Crippen molar-refractivity contribution in [3.8, 4) is 0 Å². The molecule has 0 fully saturated rings. The molecule has 4 heteroatoms. The van der Waals surface area contributed by atoms with Crippen LogP contribution >= 0.6 is 11.6 Å². The first kappa shape index (κ1) is 10.1. The van der Waals surface area contributed by atoms with Crippen LogP contribution in [0, 0.1) is 0 Å². The van der Waals surface area contributed by atoms with E-state index in [0.29, 0.717) is 10.7 Å². The molecule has 0 unspecified atom stereocenters. The Morgan fingerprint density at radius 1 is 1.47 bits per heavy atom. The van der Waals surface area contributed by atoms with Crippen LogP contribution in [0.2, 0.25) is 5.02 Å². The maximum Gasteiger partial charge on any atom is 0.112 e. The fourth-order valence-electron chi connectivity index (χ4n) is 1.46. The van der Waals surface area contributed by atoms with E-state index in [4.69, 9.17) is 17.3 Å². The van der Waals surface area contributed by atoms with Crippen LogP contribution in [0.25, 0.3) is 0 Å². The number of rotatable bonds is 2. The van der Waals surface area contributed by atoms with Crippen LogP contribution in [0.5, 0.6) is 0 Å². The molecule has 0 saturated heterocycles. The van der Waals surface area contributed by atoms with Crippen LogP contribution in [0.4, 0.5) is 5.69 Å². The zero-order valence-corrected chi connectivity index (χ0v) is 9.20. The number of hydrogen-bond acceptors (Lipinski definition) is 2. The summed E-state index contributed by atoms with van der Waals surface area (Å²) in [7, 11) is 1.97. The van der Waals surface area contributed by atoms with E-state index in [2.05, 4.69) is 4.98 Å². The molecule has 3 nitrogen and oxygen atoms in total. The van der Waals surface area contributed by atoms with Crippen LogP contribution in [-0.2, 0) is 13.5 Å². The van der Waals surface area contributed by atoms with Crippen molar-refractivity contribution in [1.82, 2.24) is 9.55 Å². The van der Waals surface area contributed by atoms with Crippen molar-refractivity contribution in [1.29, 1.82) is 0 Å². The van der Waals surface area contributed by atoms with Crippen LogP contribution in [-0.4, -0.2) is 9.55 Å². The quantitative estimate of drug-likeness (QED) is 0.791. The van der Waals surface area contributed by atoms with Gasteiger partial charge in [0, 0.05) is 36.6 Å². The minimum absolute atomic E-state index is 0.663. The van der Waals surface area contributed by atoms with Crippen molar-refractivity contribution in [3.05, 3.63) is 47.0 Å². The van der Waals surface area contributed by atoms with Gasteiger partial charge in [0.15, 0.2) is 0 Å². The van der Waals surface area contributed by atoms with E-state index in [0.717, 1.165) is 17.8 Å². The molecule has 1 aromatic carbocycles. The number of nitrogen functional groups attached to an aromatic ring is 1. The lowest BCUT2D eigenvalue weighted by molar-refractivity contribution is 0.822. The highest BCUT2D eigenvalue weighted by Gasteiger charge is 2.04. The molecule has 0 aliphatic heterocycles. The van der Waals surface area contributed by atoms with Gasteiger partial charge in [-0.1, -0.05) is 17.7 Å². The number of aromatic nitrogens is 2. The molecule has 0 aliphatic rings. The minimum atomic E-state index is 0.663. The normalized spacial score (nSPS) is 10.5. The Labute approximate surface area is 93.5 Å². The summed E-state index contributed by atoms with van der Waals surface area (Å²) in [5, 5.41) is 0.663. The maximum absolute atomic E-state index is 5.87. The average Bonchev–Trinajstić information content (AvgIpc) is 2.57. The highest BCUT2D eigenvalue weighted by atomic mass is 35.5. The van der Waals surface area contributed by atoms with Crippen LogP contribution in [0.3, 0.4) is 0 Å². The molecule has 0 aliphatic carbocycles. The zero-order chi connectivity index (χ0) is 10.8. The van der Waals surface area contributed by atoms with Gasteiger partial charge in [-0.05, 0) is 17.7 Å². The minimum Gasteiger partial charge on any atom is -0.398 e. The maximum atomic E-state index is 5.87. The first-order chi connectivity index (χ1) is 7.16. The zero-order valence-electron chi connectivity index (χ0n) is 8.44. The first-order valence-corrected chi connectivity index (χ1v) is 5.04. The van der Waals surface area contributed by atoms with Gasteiger partial charge >= 0.3 is 0 Å². The molecule has 2 rings (SSSR count). The van der Waals surface area contributed by atoms with Gasteiger partial charge < -0.3 is 10.3 Å². The lowest BCUT2D eigenvalue weighted by atomic mass is 10.1. The van der Waals surface area contributed by atoms with Gasteiger partial charge in [-0.25, -0.2) is 4.98 Å². The summed E-state index contributed by atoms with van der Waals surface area (Å²) in [6.07, 6.45) is 4.43. The third-order valence-corrected chi connectivity index (χ3v) is 2.61. The van der Waals surface area contributed by atoms with Gasteiger partial charge in [-0.15, -0.1) is 0 Å². The summed E-state index contributed by atoms with van der Waals surface area (Å²) in [4.78, 5) is 4.25. The lowest BCUT2D eigenvalue weighted by Gasteiger charge is -2.05. The molecule has 1 heterocycles. The van der Waals surface area contributed by atoms with Gasteiger partial charge in [0.25, 0.3) is 0 Å². The topological polar surface area (TPSA) is 43.8 Å². The highest BCUT2D eigenvalue weighted by molar-refractivity contribution is 6.30. The van der Waals surface area contributed by atoms with Crippen LogP contribution < -0.4 is 5.73 Å². The molecule has 2 N–H and O–H groups in total. The van der Waals surface area contributed by atoms with Crippen molar-refractivity contribution in [2.75, 3.05) is 5.73 Å². The van der Waals surface area contributed by atoms with Crippen molar-refractivity contribution in [2.24, 2.45) is 7.05 Å². The number of nitrogens with two attached hydrogens (primary N) is 1. The van der Waals surface area contributed by atoms with Gasteiger partial charge in [-0.2, -0.15) is 0 Å². The van der Waals surface area contributed by atoms with E-state index >= 15 is 0 Å². The Balaban J connectivity index is 2.29. The molecule has 0 amide bonds. The van der Waals surface area contributed by atoms with E-state index < -0.39 is 0 Å². The third kappa shape index (κ3) is 2.13. The summed E-state index contributed by atoms with van der Waals surface area (Å²) in [6.45, 7) is 0. The summed E-state index contributed by atoms with van der Waals surface area (Å²) in [6, 6.07) is 5.54. The Morgan fingerprint density at radius 3 is 2.87 bits per heavy atom. The van der Waals surface area contributed by atoms with E-state index in [1.54, 1.807) is 12.3 Å². The Morgan fingerprint density at radius 2 is 2.27 bits per heavy atom. The molecule has 78 valence electrons. The molecule has 0 radical (unpaired) electrons. The number of halogens is 1. The fourth-order valence-corrected chi connectivity index (χ4v) is 1.64. The highest BCUT2D eigenvalue weighted by Crippen LogP contribution is 2.20. The molecule has 0 bridgehead atoms. The monoisotopic (exact) mass is 221 g/mol. The van der Waals surface area contributed by atoms with E-state index in [1.165, 1.54) is 0 Å². The fraction of sp³-hybridized carbons (Fsp3) is 0.182. The van der Waals surface area contributed by atoms with Crippen molar-refractivity contribution in [3.63, 3.8) is 0 Å². The van der Waals surface area contributed by atoms with Gasteiger partial charge in [0.1, 0.15) is 5.82 Å². The standard InChI is InChI=1S/C11H12ClN3/c1-15-5-4-14-11(15)6-8-2-3-9(12)7-10(8)13/h2-5,7H,6,13H2,1H3. The van der Waals surface area contributed by atoms with E-state index in [-0.39, 0.29) is 0 Å². The van der Waals surface area contributed by atoms with E-state index in [9.17, 15) is 0 Å². The largest absolute Gasteiger partial charge is 0.398 e. The summed E-state index contributed by atoms with van der Waals surface area (Å²) < 4.78 is 1.98. The molecular weight excluding hydrogens is 210 g/mol. The number of aryl methyl sites for hydroxylation is 1. The van der Waals surface area contributed by atoms with Crippen LogP contribution in [0.15, 0.2) is 30.6 Å². The molecule has 1 aromatic heterocycles. The lowest BCUT2D eigenvalue weighted by Crippen LogP contribution is -2.01. The second-order valence-corrected chi connectivity index (χ2v) is 3.91. The number of anilines is 1. The predicted molar refractivity (Wildman–Crippen MR) is 61.9 cm³/mol. The Hall–Kier alpha value is -1.48. The van der Waals surface area contributed by atoms with Gasteiger partial charge in [0.2, 0.25) is 0 Å². The summed E-state index contributed by atoms with van der Waals surface area (Å²) in [5.41, 5.74) is 7.63. The first-order valence-electron chi connectivity index (χ1n) is 4.67. The number of nitrogens with zero attached hydrogens (tertiary/aromatic N) is 2. The molecular formula is C11H12ClN3. The Bertz CT molecular complexity index is 476.